The first kappa shape index (κ1) is 20.9. The lowest BCUT2D eigenvalue weighted by Gasteiger charge is -2.34. The summed E-state index contributed by atoms with van der Waals surface area (Å²) in [5.74, 6) is -0.226. The molecule has 0 N–H and O–H groups in total. The molecule has 2 aliphatic rings. The monoisotopic (exact) mass is 451 g/mol. The summed E-state index contributed by atoms with van der Waals surface area (Å²) in [4.78, 5) is 28.5. The highest BCUT2D eigenvalue weighted by Gasteiger charge is 2.31. The second-order valence-corrected chi connectivity index (χ2v) is 9.63. The van der Waals surface area contributed by atoms with Gasteiger partial charge in [-0.2, -0.15) is 4.31 Å². The first-order chi connectivity index (χ1) is 14.4. The van der Waals surface area contributed by atoms with Gasteiger partial charge >= 0.3 is 0 Å². The predicted molar refractivity (Wildman–Crippen MR) is 110 cm³/mol. The number of halogens is 1. The van der Waals surface area contributed by atoms with Crippen LogP contribution in [-0.4, -0.2) is 73.6 Å². The number of hydrogen-bond acceptors (Lipinski definition) is 5. The summed E-state index contributed by atoms with van der Waals surface area (Å²) in [5, 5.41) is 0.104. The summed E-state index contributed by atoms with van der Waals surface area (Å²) < 4.78 is 32.4. The largest absolute Gasteiger partial charge is 0.459 e. The molecule has 3 heterocycles. The molecule has 160 valence electrons. The Kier molecular flexibility index (Phi) is 5.86. The van der Waals surface area contributed by atoms with Gasteiger partial charge in [0, 0.05) is 44.8 Å². The number of nitrogens with zero attached hydrogens (tertiary/aromatic N) is 3. The maximum atomic E-state index is 13.0. The van der Waals surface area contributed by atoms with E-state index in [1.54, 1.807) is 21.9 Å². The molecule has 2 amide bonds. The molecule has 10 heteroatoms. The van der Waals surface area contributed by atoms with E-state index in [1.807, 2.05) is 0 Å². The summed E-state index contributed by atoms with van der Waals surface area (Å²) in [6.07, 6.45) is 3.08. The predicted octanol–water partition coefficient (Wildman–Crippen LogP) is 2.32. The zero-order chi connectivity index (χ0) is 21.3. The molecular formula is C20H22ClN3O5S. The van der Waals surface area contributed by atoms with Crippen LogP contribution in [0.5, 0.6) is 0 Å². The molecular weight excluding hydrogens is 430 g/mol. The third-order valence-corrected chi connectivity index (χ3v) is 7.83. The van der Waals surface area contributed by atoms with Crippen molar-refractivity contribution in [3.05, 3.63) is 52.9 Å². The van der Waals surface area contributed by atoms with E-state index in [1.165, 1.54) is 28.8 Å². The number of carbonyl (C=O) groups is 2. The Morgan fingerprint density at radius 2 is 1.53 bits per heavy atom. The van der Waals surface area contributed by atoms with Gasteiger partial charge in [0.25, 0.3) is 11.8 Å². The maximum Gasteiger partial charge on any atom is 0.289 e. The first-order valence-electron chi connectivity index (χ1n) is 9.80. The lowest BCUT2D eigenvalue weighted by molar-refractivity contribution is 0.0518. The van der Waals surface area contributed by atoms with Crippen molar-refractivity contribution in [3.63, 3.8) is 0 Å². The number of hydrogen-bond donors (Lipinski definition) is 0. The quantitative estimate of drug-likeness (QED) is 0.711. The molecule has 0 radical (unpaired) electrons. The third-order valence-electron chi connectivity index (χ3n) is 5.45. The van der Waals surface area contributed by atoms with E-state index in [0.717, 1.165) is 12.8 Å². The Labute approximate surface area is 180 Å². The normalized spacial score (nSPS) is 18.0. The second kappa shape index (κ2) is 8.41. The molecule has 2 fully saturated rings. The molecule has 0 spiro atoms. The van der Waals surface area contributed by atoms with Crippen molar-refractivity contribution in [3.8, 4) is 0 Å². The van der Waals surface area contributed by atoms with E-state index in [4.69, 9.17) is 16.0 Å². The van der Waals surface area contributed by atoms with Gasteiger partial charge in [-0.1, -0.05) is 11.6 Å². The topological polar surface area (TPSA) is 91.1 Å². The molecule has 1 aromatic heterocycles. The van der Waals surface area contributed by atoms with Crippen molar-refractivity contribution in [2.45, 2.75) is 17.7 Å². The van der Waals surface area contributed by atoms with Crippen LogP contribution in [0.15, 0.2) is 45.9 Å². The highest BCUT2D eigenvalue weighted by molar-refractivity contribution is 7.89. The Hall–Kier alpha value is -2.36. The Balaban J connectivity index is 1.47. The summed E-state index contributed by atoms with van der Waals surface area (Å²) in [6.45, 7) is 2.37. The summed E-state index contributed by atoms with van der Waals surface area (Å²) in [5.41, 5.74) is 0.267. The second-order valence-electron chi connectivity index (χ2n) is 7.32. The molecule has 2 aromatic rings. The molecule has 2 aliphatic heterocycles. The van der Waals surface area contributed by atoms with Gasteiger partial charge in [-0.25, -0.2) is 8.42 Å². The fraction of sp³-hybridized carbons (Fsp3) is 0.400. The highest BCUT2D eigenvalue weighted by atomic mass is 35.5. The number of benzene rings is 1. The van der Waals surface area contributed by atoms with Crippen LogP contribution in [0.1, 0.15) is 33.8 Å². The lowest BCUT2D eigenvalue weighted by Crippen LogP contribution is -2.50. The van der Waals surface area contributed by atoms with Crippen molar-refractivity contribution in [2.24, 2.45) is 0 Å². The number of furan rings is 1. The first-order valence-corrected chi connectivity index (χ1v) is 11.6. The average molecular weight is 452 g/mol. The molecule has 0 saturated carbocycles. The minimum atomic E-state index is -3.73. The van der Waals surface area contributed by atoms with Crippen molar-refractivity contribution >= 4 is 33.4 Å². The van der Waals surface area contributed by atoms with Gasteiger partial charge in [0.1, 0.15) is 4.90 Å². The van der Waals surface area contributed by atoms with Gasteiger partial charge in [-0.05, 0) is 43.2 Å². The van der Waals surface area contributed by atoms with Crippen LogP contribution in [0.4, 0.5) is 0 Å². The minimum Gasteiger partial charge on any atom is -0.459 e. The van der Waals surface area contributed by atoms with Crippen molar-refractivity contribution in [1.82, 2.24) is 14.1 Å². The van der Waals surface area contributed by atoms with Crippen LogP contribution in [0.3, 0.4) is 0 Å². The van der Waals surface area contributed by atoms with Crippen LogP contribution in [0.25, 0.3) is 0 Å². The number of piperazine rings is 1. The number of carbonyl (C=O) groups excluding carboxylic acids is 2. The van der Waals surface area contributed by atoms with E-state index in [-0.39, 0.29) is 33.1 Å². The van der Waals surface area contributed by atoms with Gasteiger partial charge in [0.05, 0.1) is 11.3 Å². The van der Waals surface area contributed by atoms with Crippen molar-refractivity contribution in [1.29, 1.82) is 0 Å². The highest BCUT2D eigenvalue weighted by Crippen LogP contribution is 2.28. The molecule has 4 rings (SSSR count). The smallest absolute Gasteiger partial charge is 0.289 e. The Morgan fingerprint density at radius 1 is 0.900 bits per heavy atom. The molecule has 0 atom stereocenters. The zero-order valence-corrected chi connectivity index (χ0v) is 17.9. The molecule has 0 aliphatic carbocycles. The number of sulfonamides is 1. The standard InChI is InChI=1S/C20H22ClN3O5S/c21-16-6-5-15(14-18(16)30(27,28)24-7-1-2-8-24)19(25)22-9-11-23(12-10-22)20(26)17-4-3-13-29-17/h3-6,13-14H,1-2,7-12H2. The minimum absolute atomic E-state index is 0.0384. The number of amides is 2. The number of rotatable bonds is 4. The molecule has 8 nitrogen and oxygen atoms in total. The molecule has 0 unspecified atom stereocenters. The Bertz CT molecular complexity index is 1040. The van der Waals surface area contributed by atoms with E-state index >= 15 is 0 Å². The average Bonchev–Trinajstić information content (AvgIpc) is 3.47. The van der Waals surface area contributed by atoms with Crippen LogP contribution in [0.2, 0.25) is 5.02 Å². The van der Waals surface area contributed by atoms with Gasteiger partial charge < -0.3 is 14.2 Å². The van der Waals surface area contributed by atoms with E-state index < -0.39 is 10.0 Å². The molecule has 1 aromatic carbocycles. The molecule has 30 heavy (non-hydrogen) atoms. The van der Waals surface area contributed by atoms with E-state index in [2.05, 4.69) is 0 Å². The molecule has 2 saturated heterocycles. The van der Waals surface area contributed by atoms with E-state index in [0.29, 0.717) is 39.3 Å². The van der Waals surface area contributed by atoms with Gasteiger partial charge in [-0.15, -0.1) is 0 Å². The van der Waals surface area contributed by atoms with Crippen LogP contribution >= 0.6 is 11.6 Å². The van der Waals surface area contributed by atoms with E-state index in [9.17, 15) is 18.0 Å². The van der Waals surface area contributed by atoms with Crippen molar-refractivity contribution < 1.29 is 22.4 Å². The zero-order valence-electron chi connectivity index (χ0n) is 16.3. The van der Waals surface area contributed by atoms with Crippen LogP contribution < -0.4 is 0 Å². The van der Waals surface area contributed by atoms with Crippen molar-refractivity contribution in [2.75, 3.05) is 39.3 Å². The van der Waals surface area contributed by atoms with Crippen LogP contribution in [0, 0.1) is 0 Å². The van der Waals surface area contributed by atoms with Crippen LogP contribution in [-0.2, 0) is 10.0 Å². The fourth-order valence-corrected chi connectivity index (χ4v) is 5.77. The molecule has 0 bridgehead atoms. The third kappa shape index (κ3) is 3.97. The maximum absolute atomic E-state index is 13.0. The lowest BCUT2D eigenvalue weighted by atomic mass is 10.1. The fourth-order valence-electron chi connectivity index (χ4n) is 3.75. The summed E-state index contributed by atoms with van der Waals surface area (Å²) >= 11 is 6.17. The SMILES string of the molecule is O=C(c1ccc(Cl)c(S(=O)(=O)N2CCCC2)c1)N1CCN(C(=O)c2ccco2)CC1. The van der Waals surface area contributed by atoms with Gasteiger partial charge in [0.2, 0.25) is 10.0 Å². The van der Waals surface area contributed by atoms with Gasteiger partial charge in [-0.3, -0.25) is 9.59 Å². The van der Waals surface area contributed by atoms with Gasteiger partial charge in [0.15, 0.2) is 5.76 Å². The summed E-state index contributed by atoms with van der Waals surface area (Å²) in [6, 6.07) is 7.61. The summed E-state index contributed by atoms with van der Waals surface area (Å²) in [7, 11) is -3.73. The Morgan fingerprint density at radius 3 is 2.13 bits per heavy atom.